The summed E-state index contributed by atoms with van der Waals surface area (Å²) in [7, 11) is 0. The highest BCUT2D eigenvalue weighted by atomic mass is 16.5. The van der Waals surface area contributed by atoms with Crippen molar-refractivity contribution < 1.29 is 9.53 Å². The Morgan fingerprint density at radius 3 is 2.95 bits per heavy atom. The summed E-state index contributed by atoms with van der Waals surface area (Å²) in [5.41, 5.74) is 1.41. The van der Waals surface area contributed by atoms with E-state index in [1.165, 1.54) is 0 Å². The zero-order valence-electron chi connectivity index (χ0n) is 11.3. The lowest BCUT2D eigenvalue weighted by Crippen LogP contribution is -2.45. The number of hydrogen-bond donors (Lipinski definition) is 0. The van der Waals surface area contributed by atoms with Gasteiger partial charge in [-0.1, -0.05) is 18.2 Å². The maximum absolute atomic E-state index is 12.4. The van der Waals surface area contributed by atoms with E-state index >= 15 is 0 Å². The number of aromatic nitrogens is 2. The van der Waals surface area contributed by atoms with Crippen molar-refractivity contribution in [3.8, 4) is 11.8 Å². The summed E-state index contributed by atoms with van der Waals surface area (Å²) >= 11 is 0. The second-order valence-corrected chi connectivity index (χ2v) is 4.75. The molecule has 2 aromatic rings. The second kappa shape index (κ2) is 5.77. The predicted octanol–water partition coefficient (Wildman–Crippen LogP) is 1.24. The first-order valence-corrected chi connectivity index (χ1v) is 6.68. The van der Waals surface area contributed by atoms with Gasteiger partial charge in [0.05, 0.1) is 36.7 Å². The molecule has 0 radical (unpaired) electrons. The average Bonchev–Trinajstić information content (AvgIpc) is 3.05. The second-order valence-electron chi connectivity index (χ2n) is 4.75. The van der Waals surface area contributed by atoms with Gasteiger partial charge in [0.1, 0.15) is 0 Å². The molecule has 0 aliphatic carbocycles. The van der Waals surface area contributed by atoms with Crippen LogP contribution in [0.5, 0.6) is 0 Å². The number of carbonyl (C=O) groups is 1. The van der Waals surface area contributed by atoms with Gasteiger partial charge in [-0.15, -0.1) is 0 Å². The lowest BCUT2D eigenvalue weighted by Gasteiger charge is -2.29. The molecule has 106 valence electrons. The Balaban J connectivity index is 1.77. The number of nitriles is 1. The van der Waals surface area contributed by atoms with Gasteiger partial charge in [-0.05, 0) is 12.1 Å². The number of rotatable bonds is 2. The standard InChI is InChI=1S/C15H14N4O2/c16-8-14-11-18(6-7-21-14)15(20)12-9-17-19(10-12)13-4-2-1-3-5-13/h1-5,9-10,14H,6-7,11H2. The Labute approximate surface area is 122 Å². The van der Waals surface area contributed by atoms with E-state index in [9.17, 15) is 4.79 Å². The van der Waals surface area contributed by atoms with Gasteiger partial charge in [0.2, 0.25) is 0 Å². The van der Waals surface area contributed by atoms with Crippen molar-refractivity contribution in [2.75, 3.05) is 19.7 Å². The molecule has 1 aliphatic heterocycles. The van der Waals surface area contributed by atoms with E-state index in [2.05, 4.69) is 5.10 Å². The molecular formula is C15H14N4O2. The molecular weight excluding hydrogens is 268 g/mol. The highest BCUT2D eigenvalue weighted by Gasteiger charge is 2.25. The van der Waals surface area contributed by atoms with E-state index in [0.717, 1.165) is 5.69 Å². The first kappa shape index (κ1) is 13.3. The number of amides is 1. The molecule has 0 N–H and O–H groups in total. The number of carbonyl (C=O) groups excluding carboxylic acids is 1. The topological polar surface area (TPSA) is 71.2 Å². The summed E-state index contributed by atoms with van der Waals surface area (Å²) in [6, 6.07) is 11.6. The third kappa shape index (κ3) is 2.78. The fraction of sp³-hybridized carbons (Fsp3) is 0.267. The summed E-state index contributed by atoms with van der Waals surface area (Å²) < 4.78 is 6.90. The molecule has 1 aromatic heterocycles. The van der Waals surface area contributed by atoms with Crippen molar-refractivity contribution >= 4 is 5.91 Å². The van der Waals surface area contributed by atoms with E-state index in [-0.39, 0.29) is 5.91 Å². The SMILES string of the molecule is N#CC1CN(C(=O)c2cnn(-c3ccccc3)c2)CCO1. The van der Waals surface area contributed by atoms with E-state index in [0.29, 0.717) is 25.3 Å². The third-order valence-electron chi connectivity index (χ3n) is 3.35. The lowest BCUT2D eigenvalue weighted by atomic mass is 10.2. The van der Waals surface area contributed by atoms with Crippen molar-refractivity contribution in [3.63, 3.8) is 0 Å². The first-order chi connectivity index (χ1) is 10.3. The minimum atomic E-state index is -0.549. The minimum Gasteiger partial charge on any atom is -0.360 e. The highest BCUT2D eigenvalue weighted by Crippen LogP contribution is 2.12. The van der Waals surface area contributed by atoms with Crippen LogP contribution in [-0.2, 0) is 4.74 Å². The van der Waals surface area contributed by atoms with Crippen molar-refractivity contribution in [1.82, 2.24) is 14.7 Å². The molecule has 0 saturated carbocycles. The maximum atomic E-state index is 12.4. The number of hydrogen-bond acceptors (Lipinski definition) is 4. The largest absolute Gasteiger partial charge is 0.360 e. The van der Waals surface area contributed by atoms with Crippen molar-refractivity contribution in [1.29, 1.82) is 5.26 Å². The molecule has 1 saturated heterocycles. The zero-order chi connectivity index (χ0) is 14.7. The number of morpholine rings is 1. The Bertz CT molecular complexity index is 674. The summed E-state index contributed by atoms with van der Waals surface area (Å²) in [6.45, 7) is 1.18. The molecule has 1 unspecified atom stereocenters. The minimum absolute atomic E-state index is 0.124. The highest BCUT2D eigenvalue weighted by molar-refractivity contribution is 5.94. The monoisotopic (exact) mass is 282 g/mol. The number of ether oxygens (including phenoxy) is 1. The predicted molar refractivity (Wildman–Crippen MR) is 74.8 cm³/mol. The molecule has 1 fully saturated rings. The quantitative estimate of drug-likeness (QED) is 0.830. The Morgan fingerprint density at radius 1 is 1.38 bits per heavy atom. The first-order valence-electron chi connectivity index (χ1n) is 6.68. The normalized spacial score (nSPS) is 18.2. The molecule has 1 aromatic carbocycles. The summed E-state index contributed by atoms with van der Waals surface area (Å²) in [5.74, 6) is -0.124. The van der Waals surface area contributed by atoms with Crippen LogP contribution in [0.2, 0.25) is 0 Å². The van der Waals surface area contributed by atoms with Crippen LogP contribution in [0.4, 0.5) is 0 Å². The van der Waals surface area contributed by atoms with E-state index < -0.39 is 6.10 Å². The summed E-state index contributed by atoms with van der Waals surface area (Å²) in [5, 5.41) is 13.1. The molecule has 2 heterocycles. The summed E-state index contributed by atoms with van der Waals surface area (Å²) in [6.07, 6.45) is 2.70. The molecule has 6 nitrogen and oxygen atoms in total. The number of benzene rings is 1. The van der Waals surface area contributed by atoms with Crippen LogP contribution in [0.25, 0.3) is 5.69 Å². The van der Waals surface area contributed by atoms with Crippen molar-refractivity contribution in [2.45, 2.75) is 6.10 Å². The van der Waals surface area contributed by atoms with E-state index in [1.807, 2.05) is 36.4 Å². The average molecular weight is 282 g/mol. The van der Waals surface area contributed by atoms with Crippen molar-refractivity contribution in [3.05, 3.63) is 48.3 Å². The van der Waals surface area contributed by atoms with E-state index in [4.69, 9.17) is 10.00 Å². The van der Waals surface area contributed by atoms with Gasteiger partial charge in [-0.25, -0.2) is 4.68 Å². The van der Waals surface area contributed by atoms with Gasteiger partial charge in [0.25, 0.3) is 5.91 Å². The van der Waals surface area contributed by atoms with Gasteiger partial charge >= 0.3 is 0 Å². The fourth-order valence-corrected chi connectivity index (χ4v) is 2.25. The molecule has 21 heavy (non-hydrogen) atoms. The van der Waals surface area contributed by atoms with Gasteiger partial charge in [0.15, 0.2) is 6.10 Å². The molecule has 1 aliphatic rings. The summed E-state index contributed by atoms with van der Waals surface area (Å²) in [4.78, 5) is 14.0. The van der Waals surface area contributed by atoms with Crippen LogP contribution in [0.3, 0.4) is 0 Å². The molecule has 0 bridgehead atoms. The van der Waals surface area contributed by atoms with Crippen LogP contribution < -0.4 is 0 Å². The van der Waals surface area contributed by atoms with Crippen LogP contribution in [-0.4, -0.2) is 46.4 Å². The number of para-hydroxylation sites is 1. The zero-order valence-corrected chi connectivity index (χ0v) is 11.3. The molecule has 3 rings (SSSR count). The number of nitrogens with zero attached hydrogens (tertiary/aromatic N) is 4. The molecule has 1 amide bonds. The molecule has 6 heteroatoms. The molecule has 0 spiro atoms. The van der Waals surface area contributed by atoms with Crippen molar-refractivity contribution in [2.24, 2.45) is 0 Å². The lowest BCUT2D eigenvalue weighted by molar-refractivity contribution is 0.00346. The van der Waals surface area contributed by atoms with E-state index in [1.54, 1.807) is 22.0 Å². The fourth-order valence-electron chi connectivity index (χ4n) is 2.25. The van der Waals surface area contributed by atoms with Crippen LogP contribution >= 0.6 is 0 Å². The van der Waals surface area contributed by atoms with Gasteiger partial charge in [0, 0.05) is 12.7 Å². The maximum Gasteiger partial charge on any atom is 0.257 e. The third-order valence-corrected chi connectivity index (χ3v) is 3.35. The van der Waals surface area contributed by atoms with Crippen LogP contribution in [0.1, 0.15) is 10.4 Å². The Morgan fingerprint density at radius 2 is 2.19 bits per heavy atom. The molecule has 1 atom stereocenters. The van der Waals surface area contributed by atoms with Gasteiger partial charge in [-0.2, -0.15) is 10.4 Å². The smallest absolute Gasteiger partial charge is 0.257 e. The van der Waals surface area contributed by atoms with Gasteiger partial charge in [-0.3, -0.25) is 4.79 Å². The van der Waals surface area contributed by atoms with Crippen LogP contribution in [0, 0.1) is 11.3 Å². The van der Waals surface area contributed by atoms with Crippen LogP contribution in [0.15, 0.2) is 42.7 Å². The van der Waals surface area contributed by atoms with Gasteiger partial charge < -0.3 is 9.64 Å². The Kier molecular flexibility index (Phi) is 3.67. The Hall–Kier alpha value is -2.65.